The second kappa shape index (κ2) is 49.3. The number of carbonyl (C=O) groups is 3. The quantitative estimate of drug-likeness (QED) is 0.0200. The fraction of sp³-hybridized carbons (Fsp3) is 0.833. The molecule has 0 bridgehead atoms. The van der Waals surface area contributed by atoms with Crippen molar-refractivity contribution in [1.82, 2.24) is 0 Å². The topological polar surface area (TPSA) is 78.9 Å². The lowest BCUT2D eigenvalue weighted by atomic mass is 10.0. The molecule has 0 radical (unpaired) electrons. The van der Waals surface area contributed by atoms with Crippen molar-refractivity contribution in [1.29, 1.82) is 0 Å². The van der Waals surface area contributed by atoms with Crippen molar-refractivity contribution in [2.24, 2.45) is 0 Å². The normalized spacial score (nSPS) is 12.2. The molecule has 0 saturated carbocycles. The van der Waals surface area contributed by atoms with E-state index in [0.717, 1.165) is 83.5 Å². The van der Waals surface area contributed by atoms with Crippen LogP contribution in [0.3, 0.4) is 0 Å². The van der Waals surface area contributed by atoms with Crippen LogP contribution in [-0.4, -0.2) is 37.2 Å². The van der Waals surface area contributed by atoms with E-state index in [2.05, 4.69) is 57.2 Å². The summed E-state index contributed by atoms with van der Waals surface area (Å²) in [7, 11) is 0. The van der Waals surface area contributed by atoms with Gasteiger partial charge in [0.05, 0.1) is 0 Å². The maximum Gasteiger partial charge on any atom is 0.306 e. The van der Waals surface area contributed by atoms with E-state index in [9.17, 15) is 14.4 Å². The summed E-state index contributed by atoms with van der Waals surface area (Å²) < 4.78 is 16.8. The van der Waals surface area contributed by atoms with Crippen LogP contribution < -0.4 is 0 Å². The Morgan fingerprint density at radius 2 is 0.617 bits per heavy atom. The molecule has 1 unspecified atom stereocenters. The van der Waals surface area contributed by atoms with E-state index in [-0.39, 0.29) is 31.1 Å². The van der Waals surface area contributed by atoms with Gasteiger partial charge in [0.1, 0.15) is 13.2 Å². The molecule has 0 spiro atoms. The van der Waals surface area contributed by atoms with Gasteiger partial charge in [0.2, 0.25) is 0 Å². The van der Waals surface area contributed by atoms with Crippen LogP contribution in [0.1, 0.15) is 271 Å². The van der Waals surface area contributed by atoms with Gasteiger partial charge in [-0.05, 0) is 64.2 Å². The Bertz CT molecular complexity index is 1020. The third-order valence-corrected chi connectivity index (χ3v) is 11.4. The van der Waals surface area contributed by atoms with E-state index in [4.69, 9.17) is 14.2 Å². The van der Waals surface area contributed by atoms with Crippen LogP contribution in [0.4, 0.5) is 0 Å². The highest BCUT2D eigenvalue weighted by molar-refractivity contribution is 5.71. The molecule has 0 aromatic carbocycles. The van der Waals surface area contributed by atoms with Crippen molar-refractivity contribution < 1.29 is 28.6 Å². The van der Waals surface area contributed by atoms with Crippen LogP contribution in [0.25, 0.3) is 0 Å². The first kappa shape index (κ1) is 57.6. The Morgan fingerprint density at radius 3 is 0.983 bits per heavy atom. The molecule has 0 aromatic rings. The van der Waals surface area contributed by atoms with Gasteiger partial charge in [-0.25, -0.2) is 0 Å². The second-order valence-electron chi connectivity index (χ2n) is 17.5. The number of ether oxygens (including phenoxy) is 3. The van der Waals surface area contributed by atoms with Crippen molar-refractivity contribution in [2.45, 2.75) is 277 Å². The molecule has 6 nitrogen and oxygen atoms in total. The smallest absolute Gasteiger partial charge is 0.306 e. The third-order valence-electron chi connectivity index (χ3n) is 11.4. The van der Waals surface area contributed by atoms with Gasteiger partial charge >= 0.3 is 17.9 Å². The van der Waals surface area contributed by atoms with E-state index < -0.39 is 6.10 Å². The fourth-order valence-corrected chi connectivity index (χ4v) is 7.41. The van der Waals surface area contributed by atoms with Crippen molar-refractivity contribution in [2.75, 3.05) is 13.2 Å². The number of hydrogen-bond donors (Lipinski definition) is 0. The van der Waals surface area contributed by atoms with E-state index >= 15 is 0 Å². The molecule has 60 heavy (non-hydrogen) atoms. The zero-order valence-corrected chi connectivity index (χ0v) is 40.0. The summed E-state index contributed by atoms with van der Waals surface area (Å²) in [6, 6.07) is 0. The SMILES string of the molecule is CCCC/C=C\CCCCCCCC(=O)OCC(COC(=O)CCCCCCC/C=C\C=C/CCCCCCCCC)OC(=O)CCCCCCCCCCCCCCC. The van der Waals surface area contributed by atoms with E-state index in [0.29, 0.717) is 19.3 Å². The summed E-state index contributed by atoms with van der Waals surface area (Å²) in [5.74, 6) is -0.894. The number of carbonyl (C=O) groups excluding carboxylic acids is 3. The highest BCUT2D eigenvalue weighted by atomic mass is 16.6. The molecule has 0 heterocycles. The minimum absolute atomic E-state index is 0.0791. The molecule has 0 amide bonds. The molecular formula is C54H98O6. The summed E-state index contributed by atoms with van der Waals surface area (Å²) in [4.78, 5) is 37.9. The molecule has 1 atom stereocenters. The molecule has 0 saturated heterocycles. The predicted octanol–water partition coefficient (Wildman–Crippen LogP) is 16.9. The Labute approximate surface area is 372 Å². The summed E-state index contributed by atoms with van der Waals surface area (Å²) in [6.45, 7) is 6.59. The summed E-state index contributed by atoms with van der Waals surface area (Å²) in [5.41, 5.74) is 0. The average Bonchev–Trinajstić information content (AvgIpc) is 3.24. The Hall–Kier alpha value is -2.37. The minimum atomic E-state index is -0.777. The lowest BCUT2D eigenvalue weighted by Gasteiger charge is -2.18. The van der Waals surface area contributed by atoms with Crippen LogP contribution in [0.15, 0.2) is 36.5 Å². The summed E-state index contributed by atoms with van der Waals surface area (Å²) in [5, 5.41) is 0. The Kier molecular flexibility index (Phi) is 47.3. The van der Waals surface area contributed by atoms with Crippen LogP contribution in [0.2, 0.25) is 0 Å². The zero-order valence-electron chi connectivity index (χ0n) is 40.0. The standard InChI is InChI=1S/C54H98O6/c1-4-7-10-13-16-19-22-24-25-26-27-28-30-32-35-38-41-44-47-53(56)59-50-51(49-58-52(55)46-43-40-37-34-31-21-18-15-12-9-6-3)60-54(57)48-45-42-39-36-33-29-23-20-17-14-11-8-5-2/h15,18,25-28,51H,4-14,16-17,19-24,29-50H2,1-3H3/b18-15-,26-25-,28-27-. The Morgan fingerprint density at radius 1 is 0.333 bits per heavy atom. The van der Waals surface area contributed by atoms with Gasteiger partial charge in [-0.1, -0.05) is 224 Å². The van der Waals surface area contributed by atoms with Crippen molar-refractivity contribution in [3.05, 3.63) is 36.5 Å². The maximum absolute atomic E-state index is 12.8. The largest absolute Gasteiger partial charge is 0.462 e. The number of esters is 3. The fourth-order valence-electron chi connectivity index (χ4n) is 7.41. The lowest BCUT2D eigenvalue weighted by Crippen LogP contribution is -2.30. The van der Waals surface area contributed by atoms with Crippen LogP contribution in [-0.2, 0) is 28.6 Å². The van der Waals surface area contributed by atoms with Gasteiger partial charge in [0.15, 0.2) is 6.10 Å². The predicted molar refractivity (Wildman–Crippen MR) is 256 cm³/mol. The van der Waals surface area contributed by atoms with Gasteiger partial charge in [-0.15, -0.1) is 0 Å². The molecule has 0 aromatic heterocycles. The number of rotatable bonds is 47. The minimum Gasteiger partial charge on any atom is -0.462 e. The van der Waals surface area contributed by atoms with Crippen LogP contribution in [0.5, 0.6) is 0 Å². The highest BCUT2D eigenvalue weighted by Crippen LogP contribution is 2.15. The van der Waals surface area contributed by atoms with E-state index in [1.165, 1.54) is 148 Å². The number of unbranched alkanes of at least 4 members (excludes halogenated alkanes) is 31. The van der Waals surface area contributed by atoms with Crippen LogP contribution in [0, 0.1) is 0 Å². The molecule has 0 aliphatic heterocycles. The number of allylic oxidation sites excluding steroid dienone is 6. The van der Waals surface area contributed by atoms with E-state index in [1.807, 2.05) is 0 Å². The van der Waals surface area contributed by atoms with Gasteiger partial charge in [0.25, 0.3) is 0 Å². The van der Waals surface area contributed by atoms with E-state index in [1.54, 1.807) is 0 Å². The molecular weight excluding hydrogens is 745 g/mol. The maximum atomic E-state index is 12.8. The first-order valence-corrected chi connectivity index (χ1v) is 26.0. The van der Waals surface area contributed by atoms with Gasteiger partial charge in [-0.3, -0.25) is 14.4 Å². The lowest BCUT2D eigenvalue weighted by molar-refractivity contribution is -0.167. The Balaban J connectivity index is 4.35. The van der Waals surface area contributed by atoms with Crippen molar-refractivity contribution >= 4 is 17.9 Å². The number of hydrogen-bond acceptors (Lipinski definition) is 6. The second-order valence-corrected chi connectivity index (χ2v) is 17.5. The molecule has 0 rings (SSSR count). The monoisotopic (exact) mass is 843 g/mol. The molecule has 0 fully saturated rings. The first-order chi connectivity index (χ1) is 29.5. The molecule has 0 aliphatic carbocycles. The zero-order chi connectivity index (χ0) is 43.7. The highest BCUT2D eigenvalue weighted by Gasteiger charge is 2.19. The van der Waals surface area contributed by atoms with Gasteiger partial charge in [-0.2, -0.15) is 0 Å². The first-order valence-electron chi connectivity index (χ1n) is 26.0. The van der Waals surface area contributed by atoms with Crippen molar-refractivity contribution in [3.8, 4) is 0 Å². The summed E-state index contributed by atoms with van der Waals surface area (Å²) >= 11 is 0. The van der Waals surface area contributed by atoms with Gasteiger partial charge < -0.3 is 14.2 Å². The summed E-state index contributed by atoms with van der Waals surface area (Å²) in [6.07, 6.45) is 57.0. The average molecular weight is 843 g/mol. The van der Waals surface area contributed by atoms with Gasteiger partial charge in [0, 0.05) is 19.3 Å². The molecule has 0 aliphatic rings. The van der Waals surface area contributed by atoms with Crippen LogP contribution >= 0.6 is 0 Å². The van der Waals surface area contributed by atoms with Crippen molar-refractivity contribution in [3.63, 3.8) is 0 Å². The molecule has 0 N–H and O–H groups in total. The molecule has 6 heteroatoms. The molecule has 350 valence electrons. The third kappa shape index (κ3) is 46.7.